The molecular weight excluding hydrogens is 1080 g/mol. The van der Waals surface area contributed by atoms with Crippen molar-refractivity contribution in [3.05, 3.63) is 109 Å². The second kappa shape index (κ2) is 14.3. The van der Waals surface area contributed by atoms with Crippen molar-refractivity contribution >= 4 is 118 Å². The number of rotatable bonds is 7. The molecule has 4 rings (SSSR count). The molecule has 18 heteroatoms. The number of esters is 3. The van der Waals surface area contributed by atoms with E-state index in [1.54, 1.807) is 34.7 Å². The van der Waals surface area contributed by atoms with Crippen molar-refractivity contribution in [2.75, 3.05) is 0 Å². The highest BCUT2D eigenvalue weighted by molar-refractivity contribution is 14.1. The molecule has 0 saturated carbocycles. The Kier molecular flexibility index (Phi) is 11.3. The zero-order valence-corrected chi connectivity index (χ0v) is 30.8. The van der Waals surface area contributed by atoms with Crippen molar-refractivity contribution in [3.63, 3.8) is 0 Å². The van der Waals surface area contributed by atoms with Gasteiger partial charge < -0.3 is 14.2 Å². The maximum Gasteiger partial charge on any atom is 0.344 e. The van der Waals surface area contributed by atoms with Gasteiger partial charge in [-0.2, -0.15) is 17.2 Å². The molecule has 0 unspecified atom stereocenters. The van der Waals surface area contributed by atoms with Crippen LogP contribution in [0.3, 0.4) is 0 Å². The summed E-state index contributed by atoms with van der Waals surface area (Å²) in [6, 6.07) is 12.4. The van der Waals surface area contributed by atoms with Gasteiger partial charge in [-0.25, -0.2) is 23.2 Å². The summed E-state index contributed by atoms with van der Waals surface area (Å²) in [6.45, 7) is 0. The molecule has 0 fully saturated rings. The Morgan fingerprint density at radius 2 is 1.11 bits per heavy atom. The van der Waals surface area contributed by atoms with E-state index in [4.69, 9.17) is 14.0 Å². The lowest BCUT2D eigenvalue weighted by Gasteiger charge is -2.13. The second-order valence-corrected chi connectivity index (χ2v) is 14.5. The van der Waals surface area contributed by atoms with Crippen LogP contribution in [0.15, 0.2) is 59.5 Å². The highest BCUT2D eigenvalue weighted by Gasteiger charge is 2.34. The Morgan fingerprint density at radius 3 is 1.60 bits per heavy atom. The van der Waals surface area contributed by atoms with Gasteiger partial charge in [0.05, 0.1) is 27.4 Å². The molecule has 0 aliphatic heterocycles. The Morgan fingerprint density at radius 1 is 0.622 bits per heavy atom. The van der Waals surface area contributed by atoms with E-state index in [0.717, 1.165) is 21.8 Å². The summed E-state index contributed by atoms with van der Waals surface area (Å²) in [5, 5.41) is 0. The first-order valence-corrected chi connectivity index (χ1v) is 17.3. The lowest BCUT2D eigenvalue weighted by atomic mass is 10.1. The third-order valence-electron chi connectivity index (χ3n) is 5.53. The van der Waals surface area contributed by atoms with Crippen molar-refractivity contribution in [1.82, 2.24) is 0 Å². The molecule has 234 valence electrons. The largest absolute Gasteiger partial charge is 0.422 e. The van der Waals surface area contributed by atoms with Crippen LogP contribution >= 0.6 is 90.4 Å². The Labute approximate surface area is 305 Å². The quantitative estimate of drug-likeness (QED) is 0.0498. The summed E-state index contributed by atoms with van der Waals surface area (Å²) in [6.07, 6.45) is 0. The molecule has 9 nitrogen and oxygen atoms in total. The fourth-order valence-electron chi connectivity index (χ4n) is 3.54. The fourth-order valence-corrected chi connectivity index (χ4v) is 8.60. The van der Waals surface area contributed by atoms with E-state index in [0.29, 0.717) is 12.9 Å². The Balaban J connectivity index is 1.55. The summed E-state index contributed by atoms with van der Waals surface area (Å²) in [7, 11) is -5.71. The average molecular weight is 1090 g/mol. The van der Waals surface area contributed by atoms with E-state index >= 15 is 0 Å². The first kappa shape index (κ1) is 35.7. The van der Waals surface area contributed by atoms with E-state index in [9.17, 15) is 40.4 Å². The highest BCUT2D eigenvalue weighted by atomic mass is 127. The highest BCUT2D eigenvalue weighted by Crippen LogP contribution is 2.34. The molecule has 0 heterocycles. The topological polar surface area (TPSA) is 133 Å². The number of hydrogen-bond acceptors (Lipinski definition) is 8. The predicted molar refractivity (Wildman–Crippen MR) is 181 cm³/mol. The van der Waals surface area contributed by atoms with Crippen LogP contribution < -0.4 is 14.2 Å². The number of hydrogen-bond donors (Lipinski definition) is 1. The molecule has 0 bridgehead atoms. The van der Waals surface area contributed by atoms with Crippen molar-refractivity contribution in [1.29, 1.82) is 0 Å². The average Bonchev–Trinajstić information content (AvgIpc) is 2.96. The number of benzene rings is 4. The van der Waals surface area contributed by atoms with Gasteiger partial charge in [0.25, 0.3) is 0 Å². The Bertz CT molecular complexity index is 1970. The number of carbonyl (C=O) groups excluding carboxylic acids is 3. The zero-order valence-electron chi connectivity index (χ0n) is 21.3. The minimum absolute atomic E-state index is 0.0819. The van der Waals surface area contributed by atoms with Gasteiger partial charge in [0, 0.05) is 3.57 Å². The van der Waals surface area contributed by atoms with Gasteiger partial charge in [0.2, 0.25) is 17.4 Å². The van der Waals surface area contributed by atoms with Gasteiger partial charge >= 0.3 is 28.0 Å². The van der Waals surface area contributed by atoms with Crippen LogP contribution in [-0.2, 0) is 10.1 Å². The first-order valence-electron chi connectivity index (χ1n) is 11.5. The van der Waals surface area contributed by atoms with Crippen LogP contribution in [0.5, 0.6) is 17.2 Å². The molecule has 0 aliphatic rings. The molecule has 0 spiro atoms. The summed E-state index contributed by atoms with van der Waals surface area (Å²) in [5.74, 6) is -14.8. The molecular formula is C27H10F4I4O9S. The number of carbonyl (C=O) groups is 3. The lowest BCUT2D eigenvalue weighted by Crippen LogP contribution is -2.18. The molecule has 0 aliphatic carbocycles. The van der Waals surface area contributed by atoms with Gasteiger partial charge in [-0.3, -0.25) is 4.55 Å². The van der Waals surface area contributed by atoms with Gasteiger partial charge in [0.15, 0.2) is 22.3 Å². The van der Waals surface area contributed by atoms with Crippen molar-refractivity contribution in [3.8, 4) is 17.2 Å². The molecule has 0 radical (unpaired) electrons. The van der Waals surface area contributed by atoms with E-state index in [-0.39, 0.29) is 20.4 Å². The molecule has 0 amide bonds. The third-order valence-corrected chi connectivity index (χ3v) is 9.47. The van der Waals surface area contributed by atoms with Crippen molar-refractivity contribution < 1.29 is 59.1 Å². The smallest absolute Gasteiger partial charge is 0.344 e. The summed E-state index contributed by atoms with van der Waals surface area (Å²) in [4.78, 5) is 36.4. The van der Waals surface area contributed by atoms with Crippen molar-refractivity contribution in [2.24, 2.45) is 0 Å². The summed E-state index contributed by atoms with van der Waals surface area (Å²) in [5.41, 5.74) is -0.685. The normalized spacial score (nSPS) is 11.2. The first-order chi connectivity index (χ1) is 21.0. The SMILES string of the molecule is O=C(Oc1c(F)c(F)c(S(=O)(=O)O)c(F)c1F)c1ccc(OC(=O)c2ccccc2C(=O)Oc2c(I)cc(I)cc2I)c(I)c1. The molecule has 4 aromatic rings. The van der Waals surface area contributed by atoms with Crippen LogP contribution in [0.1, 0.15) is 31.1 Å². The number of ether oxygens (including phenoxy) is 3. The molecule has 0 aromatic heterocycles. The molecule has 0 saturated heterocycles. The zero-order chi connectivity index (χ0) is 33.4. The maximum absolute atomic E-state index is 14.3. The maximum atomic E-state index is 14.3. The van der Waals surface area contributed by atoms with E-state index in [1.165, 1.54) is 24.3 Å². The van der Waals surface area contributed by atoms with Crippen LogP contribution in [0, 0.1) is 37.5 Å². The molecule has 45 heavy (non-hydrogen) atoms. The summed E-state index contributed by atoms with van der Waals surface area (Å²) >= 11 is 7.79. The Hall–Kier alpha value is -2.16. The molecule has 1 N–H and O–H groups in total. The second-order valence-electron chi connectivity index (χ2n) is 8.45. The monoisotopic (exact) mass is 1090 g/mol. The van der Waals surface area contributed by atoms with Gasteiger partial charge in [-0.15, -0.1) is 0 Å². The van der Waals surface area contributed by atoms with Gasteiger partial charge in [-0.05, 0) is 133 Å². The minimum Gasteiger partial charge on any atom is -0.422 e. The summed E-state index contributed by atoms with van der Waals surface area (Å²) < 4.78 is 106. The molecule has 4 aromatic carbocycles. The lowest BCUT2D eigenvalue weighted by molar-refractivity contribution is 0.0689. The fraction of sp³-hybridized carbons (Fsp3) is 0. The van der Waals surface area contributed by atoms with Crippen molar-refractivity contribution in [2.45, 2.75) is 4.90 Å². The predicted octanol–water partition coefficient (Wildman–Crippen LogP) is 7.57. The van der Waals surface area contributed by atoms with Gasteiger partial charge in [0.1, 0.15) is 5.75 Å². The van der Waals surface area contributed by atoms with Gasteiger partial charge in [-0.1, -0.05) is 12.1 Å². The van der Waals surface area contributed by atoms with Crippen LogP contribution in [0.2, 0.25) is 0 Å². The molecule has 0 atom stereocenters. The van der Waals surface area contributed by atoms with E-state index in [1.807, 2.05) is 45.2 Å². The van der Waals surface area contributed by atoms with E-state index in [2.05, 4.69) is 27.3 Å². The third kappa shape index (κ3) is 7.87. The number of halogens is 8. The standard InChI is InChI=1S/C27H10F4I4O9S/c28-18-20(30)24(45(39,40)41)21(31)19(29)23(18)44-25(36)10-5-6-17(14(33)7-10)42-26(37)12-3-1-2-4-13(12)27(38)43-22-15(34)8-11(32)9-16(22)35/h1-9H,(H,39,40,41). The van der Waals surface area contributed by atoms with E-state index < -0.39 is 67.5 Å². The van der Waals surface area contributed by atoms with Crippen LogP contribution in [0.25, 0.3) is 0 Å². The van der Waals surface area contributed by atoms with Crippen LogP contribution in [-0.4, -0.2) is 30.9 Å². The van der Waals surface area contributed by atoms with Crippen LogP contribution in [0.4, 0.5) is 17.6 Å². The minimum atomic E-state index is -5.71.